The van der Waals surface area contributed by atoms with Crippen LogP contribution in [0.1, 0.15) is 76.4 Å². The van der Waals surface area contributed by atoms with Crippen LogP contribution >= 0.6 is 11.6 Å². The van der Waals surface area contributed by atoms with E-state index in [-0.39, 0.29) is 10.8 Å². The molecule has 0 amide bonds. The minimum Gasteiger partial charge on any atom is -0.339 e. The first-order chi connectivity index (χ1) is 8.57. The van der Waals surface area contributed by atoms with Crippen molar-refractivity contribution in [2.75, 3.05) is 0 Å². The Morgan fingerprint density at radius 3 is 2.56 bits per heavy atom. The fourth-order valence-corrected chi connectivity index (χ4v) is 3.19. The molecule has 0 bridgehead atoms. The van der Waals surface area contributed by atoms with Gasteiger partial charge in [0.1, 0.15) is 0 Å². The number of aromatic nitrogens is 2. The molecule has 1 aromatic rings. The smallest absolute Gasteiger partial charge is 0.232 e. The molecule has 0 aliphatic heterocycles. The summed E-state index contributed by atoms with van der Waals surface area (Å²) in [6.07, 6.45) is 6.84. The van der Waals surface area contributed by atoms with Gasteiger partial charge in [0.05, 0.1) is 5.38 Å². The predicted molar refractivity (Wildman–Crippen MR) is 72.8 cm³/mol. The minimum absolute atomic E-state index is 0.115. The van der Waals surface area contributed by atoms with Gasteiger partial charge in [0.15, 0.2) is 5.82 Å². The molecule has 0 aromatic carbocycles. The number of hydrogen-bond acceptors (Lipinski definition) is 3. The highest BCUT2D eigenvalue weighted by molar-refractivity contribution is 6.20. The maximum atomic E-state index is 6.18. The Kier molecular flexibility index (Phi) is 4.31. The summed E-state index contributed by atoms with van der Waals surface area (Å²) in [5.74, 6) is 2.13. The largest absolute Gasteiger partial charge is 0.339 e. The van der Waals surface area contributed by atoms with E-state index in [0.29, 0.717) is 11.7 Å². The summed E-state index contributed by atoms with van der Waals surface area (Å²) in [5, 5.41) is 3.94. The lowest BCUT2D eigenvalue weighted by molar-refractivity contribution is 0.243. The molecule has 1 aliphatic carbocycles. The Bertz CT molecular complexity index is 383. The summed E-state index contributed by atoms with van der Waals surface area (Å²) in [4.78, 5) is 4.58. The van der Waals surface area contributed by atoms with Crippen molar-refractivity contribution in [1.82, 2.24) is 10.1 Å². The molecule has 1 unspecified atom stereocenters. The maximum Gasteiger partial charge on any atom is 0.232 e. The summed E-state index contributed by atoms with van der Waals surface area (Å²) in [5.41, 5.74) is 0.115. The Hall–Kier alpha value is -0.570. The summed E-state index contributed by atoms with van der Waals surface area (Å²) < 4.78 is 5.53. The van der Waals surface area contributed by atoms with E-state index in [1.54, 1.807) is 0 Å². The summed E-state index contributed by atoms with van der Waals surface area (Å²) in [7, 11) is 0. The lowest BCUT2D eigenvalue weighted by Gasteiger charge is -2.26. The lowest BCUT2D eigenvalue weighted by Crippen LogP contribution is -2.24. The second-order valence-corrected chi connectivity index (χ2v) is 6.45. The molecular weight excluding hydrogens is 248 g/mol. The van der Waals surface area contributed by atoms with Gasteiger partial charge >= 0.3 is 0 Å². The Labute approximate surface area is 114 Å². The van der Waals surface area contributed by atoms with Crippen molar-refractivity contribution in [2.24, 2.45) is 5.92 Å². The highest BCUT2D eigenvalue weighted by Crippen LogP contribution is 2.45. The molecule has 4 heteroatoms. The van der Waals surface area contributed by atoms with E-state index in [0.717, 1.165) is 18.7 Å². The summed E-state index contributed by atoms with van der Waals surface area (Å²) in [6.45, 7) is 6.55. The van der Waals surface area contributed by atoms with Crippen LogP contribution in [-0.2, 0) is 5.41 Å². The van der Waals surface area contributed by atoms with Gasteiger partial charge in [-0.05, 0) is 31.6 Å². The third kappa shape index (κ3) is 2.71. The van der Waals surface area contributed by atoms with Gasteiger partial charge in [0.25, 0.3) is 0 Å². The van der Waals surface area contributed by atoms with Crippen molar-refractivity contribution in [2.45, 2.75) is 70.1 Å². The van der Waals surface area contributed by atoms with E-state index in [1.807, 2.05) is 6.92 Å². The number of halogens is 1. The average molecular weight is 271 g/mol. The van der Waals surface area contributed by atoms with Gasteiger partial charge in [-0.1, -0.05) is 38.8 Å². The van der Waals surface area contributed by atoms with Gasteiger partial charge in [-0.15, -0.1) is 11.6 Å². The van der Waals surface area contributed by atoms with Gasteiger partial charge in [0, 0.05) is 5.41 Å². The van der Waals surface area contributed by atoms with Crippen LogP contribution in [0.15, 0.2) is 4.52 Å². The SMILES string of the molecule is CCC(Cl)c1noc(C2(CC(C)C)CCCC2)n1. The molecule has 1 fully saturated rings. The number of alkyl halides is 1. The van der Waals surface area contributed by atoms with Crippen molar-refractivity contribution in [1.29, 1.82) is 0 Å². The molecule has 0 N–H and O–H groups in total. The molecule has 18 heavy (non-hydrogen) atoms. The predicted octanol–water partition coefficient (Wildman–Crippen LogP) is 4.62. The first-order valence-electron chi connectivity index (χ1n) is 7.05. The van der Waals surface area contributed by atoms with E-state index in [1.165, 1.54) is 25.7 Å². The number of rotatable bonds is 5. The molecule has 1 saturated carbocycles. The second-order valence-electron chi connectivity index (χ2n) is 5.92. The molecule has 1 atom stereocenters. The molecule has 1 aliphatic rings. The van der Waals surface area contributed by atoms with Crippen molar-refractivity contribution in [3.8, 4) is 0 Å². The van der Waals surface area contributed by atoms with Crippen molar-refractivity contribution in [3.63, 3.8) is 0 Å². The monoisotopic (exact) mass is 270 g/mol. The average Bonchev–Trinajstić information content (AvgIpc) is 2.96. The highest BCUT2D eigenvalue weighted by atomic mass is 35.5. The van der Waals surface area contributed by atoms with Gasteiger partial charge in [0.2, 0.25) is 5.89 Å². The van der Waals surface area contributed by atoms with Crippen LogP contribution < -0.4 is 0 Å². The zero-order valence-corrected chi connectivity index (χ0v) is 12.3. The Morgan fingerprint density at radius 2 is 2.00 bits per heavy atom. The summed E-state index contributed by atoms with van der Waals surface area (Å²) in [6, 6.07) is 0. The van der Waals surface area contributed by atoms with Crippen LogP contribution in [0.3, 0.4) is 0 Å². The molecule has 0 spiro atoms. The van der Waals surface area contributed by atoms with Gasteiger partial charge < -0.3 is 4.52 Å². The third-order valence-electron chi connectivity index (χ3n) is 3.89. The van der Waals surface area contributed by atoms with Crippen molar-refractivity contribution >= 4 is 11.6 Å². The number of nitrogens with zero attached hydrogens (tertiary/aromatic N) is 2. The highest BCUT2D eigenvalue weighted by Gasteiger charge is 2.41. The second kappa shape index (κ2) is 5.60. The Morgan fingerprint density at radius 1 is 1.33 bits per heavy atom. The fraction of sp³-hybridized carbons (Fsp3) is 0.857. The van der Waals surface area contributed by atoms with Gasteiger partial charge in [-0.25, -0.2) is 0 Å². The minimum atomic E-state index is -0.125. The van der Waals surface area contributed by atoms with E-state index in [2.05, 4.69) is 24.0 Å². The molecule has 0 saturated heterocycles. The Balaban J connectivity index is 2.23. The van der Waals surface area contributed by atoms with Crippen LogP contribution in [0.5, 0.6) is 0 Å². The molecule has 0 radical (unpaired) electrons. The zero-order chi connectivity index (χ0) is 13.2. The zero-order valence-electron chi connectivity index (χ0n) is 11.6. The van der Waals surface area contributed by atoms with E-state index in [9.17, 15) is 0 Å². The first-order valence-corrected chi connectivity index (χ1v) is 7.49. The van der Waals surface area contributed by atoms with Crippen LogP contribution in [0, 0.1) is 5.92 Å². The molecular formula is C14H23ClN2O. The molecule has 3 nitrogen and oxygen atoms in total. The fourth-order valence-electron chi connectivity index (χ4n) is 3.10. The standard InChI is InChI=1S/C14H23ClN2O/c1-4-11(15)12-16-13(18-17-12)14(9-10(2)3)7-5-6-8-14/h10-11H,4-9H2,1-3H3. The van der Waals surface area contributed by atoms with Crippen molar-refractivity contribution in [3.05, 3.63) is 11.7 Å². The van der Waals surface area contributed by atoms with Crippen LogP contribution in [0.4, 0.5) is 0 Å². The molecule has 1 aromatic heterocycles. The quantitative estimate of drug-likeness (QED) is 0.733. The van der Waals surface area contributed by atoms with E-state index < -0.39 is 0 Å². The topological polar surface area (TPSA) is 38.9 Å². The van der Waals surface area contributed by atoms with Crippen LogP contribution in [0.25, 0.3) is 0 Å². The van der Waals surface area contributed by atoms with Crippen molar-refractivity contribution < 1.29 is 4.52 Å². The van der Waals surface area contributed by atoms with Gasteiger partial charge in [-0.3, -0.25) is 0 Å². The normalized spacial score (nSPS) is 20.5. The number of hydrogen-bond donors (Lipinski definition) is 0. The third-order valence-corrected chi connectivity index (χ3v) is 4.40. The maximum absolute atomic E-state index is 6.18. The molecule has 102 valence electrons. The lowest BCUT2D eigenvalue weighted by atomic mass is 9.78. The van der Waals surface area contributed by atoms with Crippen LogP contribution in [-0.4, -0.2) is 10.1 Å². The first kappa shape index (κ1) is 13.9. The molecule has 2 rings (SSSR count). The van der Waals surface area contributed by atoms with Crippen LogP contribution in [0.2, 0.25) is 0 Å². The van der Waals surface area contributed by atoms with Gasteiger partial charge in [-0.2, -0.15) is 4.98 Å². The summed E-state index contributed by atoms with van der Waals surface area (Å²) >= 11 is 6.18. The molecule has 1 heterocycles. The van der Waals surface area contributed by atoms with E-state index in [4.69, 9.17) is 16.1 Å². The van der Waals surface area contributed by atoms with E-state index >= 15 is 0 Å².